The number of carbonyl (C=O) groups is 6. The molecule has 4 amide bonds. The van der Waals surface area contributed by atoms with E-state index in [2.05, 4.69) is 15.6 Å². The Balaban J connectivity index is 2.37. The Morgan fingerprint density at radius 2 is 1.51 bits per heavy atom. The number of hydrogen-bond acceptors (Lipinski definition) is 10. The van der Waals surface area contributed by atoms with E-state index in [-0.39, 0.29) is 42.2 Å². The number of carboxylic acid groups (broad SMARTS) is 1. The molecule has 2 aromatic rings. The largest absolute Gasteiger partial charge is 0.481 e. The van der Waals surface area contributed by atoms with Gasteiger partial charge in [-0.25, -0.2) is 9.78 Å². The highest BCUT2D eigenvalue weighted by atomic mass is 32.1. The topological polar surface area (TPSA) is 185 Å². The van der Waals surface area contributed by atoms with E-state index in [1.165, 1.54) is 18.9 Å². The molecule has 57 heavy (non-hydrogen) atoms. The van der Waals surface area contributed by atoms with Crippen LogP contribution in [0.2, 0.25) is 0 Å². The molecule has 3 N–H and O–H groups in total. The molecular formula is C42H65N5O9S. The van der Waals surface area contributed by atoms with Crippen LogP contribution < -0.4 is 10.6 Å². The van der Waals surface area contributed by atoms with Gasteiger partial charge < -0.3 is 30.1 Å². The van der Waals surface area contributed by atoms with Crippen molar-refractivity contribution < 1.29 is 43.3 Å². The van der Waals surface area contributed by atoms with Crippen molar-refractivity contribution in [2.24, 2.45) is 23.7 Å². The van der Waals surface area contributed by atoms with Gasteiger partial charge >= 0.3 is 18.0 Å². The van der Waals surface area contributed by atoms with Gasteiger partial charge in [-0.2, -0.15) is 0 Å². The number of amides is 4. The predicted molar refractivity (Wildman–Crippen MR) is 219 cm³/mol. The minimum atomic E-state index is -0.964. The summed E-state index contributed by atoms with van der Waals surface area (Å²) in [6.45, 7) is 19.4. The number of aromatic nitrogens is 1. The van der Waals surface area contributed by atoms with E-state index in [4.69, 9.17) is 9.47 Å². The van der Waals surface area contributed by atoms with Gasteiger partial charge in [-0.05, 0) is 56.9 Å². The molecule has 14 nitrogen and oxygen atoms in total. The van der Waals surface area contributed by atoms with Gasteiger partial charge in [-0.1, -0.05) is 85.2 Å². The van der Waals surface area contributed by atoms with Crippen LogP contribution in [0.3, 0.4) is 0 Å². The number of carbonyl (C=O) groups excluding carboxylic acids is 5. The van der Waals surface area contributed by atoms with Crippen LogP contribution in [0.25, 0.3) is 0 Å². The number of carboxylic acids is 1. The van der Waals surface area contributed by atoms with Gasteiger partial charge in [-0.15, -0.1) is 11.3 Å². The number of nitrogens with one attached hydrogen (secondary N) is 2. The van der Waals surface area contributed by atoms with Gasteiger partial charge in [0.2, 0.25) is 11.8 Å². The molecule has 0 radical (unpaired) electrons. The number of esters is 1. The maximum atomic E-state index is 14.4. The zero-order valence-electron chi connectivity index (χ0n) is 36.0. The van der Waals surface area contributed by atoms with Gasteiger partial charge in [0.1, 0.15) is 28.4 Å². The van der Waals surface area contributed by atoms with Crippen LogP contribution in [0.1, 0.15) is 123 Å². The van der Waals surface area contributed by atoms with Crippen molar-refractivity contribution in [3.63, 3.8) is 0 Å². The average molecular weight is 816 g/mol. The van der Waals surface area contributed by atoms with Crippen molar-refractivity contribution in [3.8, 4) is 0 Å². The molecule has 0 aliphatic carbocycles. The summed E-state index contributed by atoms with van der Waals surface area (Å²) in [6.07, 6.45) is -0.211. The predicted octanol–water partition coefficient (Wildman–Crippen LogP) is 6.49. The number of likely N-dealkylation sites (N-methyl/N-ethyl adjacent to an activating group) is 2. The number of ether oxygens (including phenoxy) is 2. The number of thiazole rings is 1. The van der Waals surface area contributed by atoms with Crippen LogP contribution >= 0.6 is 11.3 Å². The fourth-order valence-electron chi connectivity index (χ4n) is 6.59. The molecule has 1 unspecified atom stereocenters. The summed E-state index contributed by atoms with van der Waals surface area (Å²) in [7, 11) is 3.16. The number of aliphatic carboxylic acids is 1. The zero-order valence-corrected chi connectivity index (χ0v) is 36.8. The Labute approximate surface area is 342 Å². The second kappa shape index (κ2) is 21.8. The first-order valence-corrected chi connectivity index (χ1v) is 20.6. The summed E-state index contributed by atoms with van der Waals surface area (Å²) < 4.78 is 11.3. The summed E-state index contributed by atoms with van der Waals surface area (Å²) in [6, 6.07) is 6.63. The Bertz CT molecular complexity index is 1660. The van der Waals surface area contributed by atoms with E-state index in [1.807, 2.05) is 71.9 Å². The second-order valence-corrected chi connectivity index (χ2v) is 17.5. The van der Waals surface area contributed by atoms with Crippen molar-refractivity contribution in [3.05, 3.63) is 52.0 Å². The molecule has 2 rings (SSSR count). The van der Waals surface area contributed by atoms with Crippen LogP contribution in [-0.4, -0.2) is 99.5 Å². The van der Waals surface area contributed by atoms with Crippen LogP contribution in [0.15, 0.2) is 35.7 Å². The molecule has 0 bridgehead atoms. The second-order valence-electron chi connectivity index (χ2n) is 16.7. The quantitative estimate of drug-likeness (QED) is 0.125. The molecular weight excluding hydrogens is 751 g/mol. The van der Waals surface area contributed by atoms with Gasteiger partial charge in [0.05, 0.1) is 5.92 Å². The molecule has 0 aliphatic rings. The van der Waals surface area contributed by atoms with E-state index in [0.717, 1.165) is 16.9 Å². The third-order valence-corrected chi connectivity index (χ3v) is 10.8. The first-order valence-electron chi connectivity index (χ1n) is 19.7. The summed E-state index contributed by atoms with van der Waals surface area (Å²) in [5.74, 6) is -4.26. The fraction of sp³-hybridized carbons (Fsp3) is 0.643. The lowest BCUT2D eigenvalue weighted by Gasteiger charge is -2.38. The molecule has 318 valence electrons. The van der Waals surface area contributed by atoms with Crippen LogP contribution in [-0.2, 0) is 35.1 Å². The fourth-order valence-corrected chi connectivity index (χ4v) is 7.43. The maximum absolute atomic E-state index is 14.4. The number of nitrogens with zero attached hydrogens (tertiary/aromatic N) is 3. The summed E-state index contributed by atoms with van der Waals surface area (Å²) >= 11 is 1.14. The van der Waals surface area contributed by atoms with Crippen LogP contribution in [0.4, 0.5) is 4.79 Å². The monoisotopic (exact) mass is 815 g/mol. The maximum Gasteiger partial charge on any atom is 0.410 e. The minimum Gasteiger partial charge on any atom is -0.481 e. The molecule has 0 saturated carbocycles. The Morgan fingerprint density at radius 1 is 0.895 bits per heavy atom. The molecule has 15 heteroatoms. The summed E-state index contributed by atoms with van der Waals surface area (Å²) in [5, 5.41) is 17.4. The highest BCUT2D eigenvalue weighted by Gasteiger charge is 2.39. The molecule has 0 fully saturated rings. The van der Waals surface area contributed by atoms with Crippen molar-refractivity contribution in [2.45, 2.75) is 138 Å². The van der Waals surface area contributed by atoms with Gasteiger partial charge in [0.25, 0.3) is 5.91 Å². The highest BCUT2D eigenvalue weighted by molar-refractivity contribution is 7.09. The SMILES string of the molecule is CC[C@H](C)[C@H](NC(=O)[C@H](C(C)C)N(C)C(=O)OC(C)(C)C)C(=O)N(C)[C@H](C[C@@H](OC(C)=O)c1nc(C(=O)N[C@@H](Cc2ccccc2)CC(C)C(=O)O)cs1)C(C)C. The molecule has 0 saturated heterocycles. The smallest absolute Gasteiger partial charge is 0.410 e. The van der Waals surface area contributed by atoms with E-state index in [1.54, 1.807) is 45.0 Å². The van der Waals surface area contributed by atoms with E-state index >= 15 is 0 Å². The third kappa shape index (κ3) is 15.1. The van der Waals surface area contributed by atoms with Crippen LogP contribution in [0, 0.1) is 23.7 Å². The molecule has 1 aromatic carbocycles. The molecule has 1 heterocycles. The van der Waals surface area contributed by atoms with Crippen LogP contribution in [0.5, 0.6) is 0 Å². The van der Waals surface area contributed by atoms with E-state index in [9.17, 15) is 33.9 Å². The molecule has 1 aromatic heterocycles. The van der Waals surface area contributed by atoms with Gasteiger partial charge in [-0.3, -0.25) is 28.9 Å². The Hall–Kier alpha value is -4.53. The Morgan fingerprint density at radius 3 is 2.02 bits per heavy atom. The Kier molecular flexibility index (Phi) is 18.6. The summed E-state index contributed by atoms with van der Waals surface area (Å²) in [5.41, 5.74) is 0.266. The van der Waals surface area contributed by atoms with Crippen molar-refractivity contribution in [2.75, 3.05) is 14.1 Å². The van der Waals surface area contributed by atoms with Crippen molar-refractivity contribution in [1.82, 2.24) is 25.4 Å². The first kappa shape index (κ1) is 48.6. The highest BCUT2D eigenvalue weighted by Crippen LogP contribution is 2.31. The standard InChI is InChI=1S/C42H65N5O9S/c1-14-26(6)34(45-37(50)35(25(4)5)47(13)41(54)56-42(9,10)11)39(51)46(12)32(24(2)3)22-33(55-28(8)48)38-44-31(23-57-38)36(49)43-30(20-27(7)40(52)53)21-29-18-16-15-17-19-29/h15-19,23-27,30,32-35H,14,20-22H2,1-13H3,(H,43,49)(H,45,50)(H,52,53)/t26-,27?,30+,32+,33+,34-,35-/m0/s1. The lowest BCUT2D eigenvalue weighted by Crippen LogP contribution is -2.59. The van der Waals surface area contributed by atoms with Crippen molar-refractivity contribution >= 4 is 47.1 Å². The molecule has 7 atom stereocenters. The zero-order chi connectivity index (χ0) is 43.4. The van der Waals surface area contributed by atoms with E-state index < -0.39 is 71.6 Å². The lowest BCUT2D eigenvalue weighted by atomic mass is 9.92. The molecule has 0 aliphatic heterocycles. The lowest BCUT2D eigenvalue weighted by molar-refractivity contribution is -0.149. The number of hydrogen-bond donors (Lipinski definition) is 3. The van der Waals surface area contributed by atoms with Gasteiger partial charge in [0, 0.05) is 44.9 Å². The molecule has 0 spiro atoms. The van der Waals surface area contributed by atoms with Gasteiger partial charge in [0.15, 0.2) is 6.10 Å². The number of rotatable bonds is 20. The number of benzene rings is 1. The third-order valence-electron chi connectivity index (χ3n) is 9.90. The minimum absolute atomic E-state index is 0.0920. The summed E-state index contributed by atoms with van der Waals surface area (Å²) in [4.78, 5) is 86.3. The van der Waals surface area contributed by atoms with E-state index in [0.29, 0.717) is 17.8 Å². The normalized spacial score (nSPS) is 15.4. The first-order chi connectivity index (χ1) is 26.5. The van der Waals surface area contributed by atoms with Crippen molar-refractivity contribution in [1.29, 1.82) is 0 Å². The average Bonchev–Trinajstić information content (AvgIpc) is 3.61.